The molecule has 0 aromatic heterocycles. The third-order valence-electron chi connectivity index (χ3n) is 4.80. The molecule has 1 N–H and O–H groups in total. The van der Waals surface area contributed by atoms with Gasteiger partial charge in [0.15, 0.2) is 0 Å². The minimum atomic E-state index is 0.665. The molecule has 0 bridgehead atoms. The summed E-state index contributed by atoms with van der Waals surface area (Å²) in [5.41, 5.74) is 2.81. The van der Waals surface area contributed by atoms with Crippen LogP contribution in [0.4, 0.5) is 0 Å². The first-order valence-corrected chi connectivity index (χ1v) is 8.52. The number of ether oxygens (including phenoxy) is 1. The second kappa shape index (κ2) is 7.28. The van der Waals surface area contributed by atoms with Gasteiger partial charge in [-0.25, -0.2) is 0 Å². The van der Waals surface area contributed by atoms with Gasteiger partial charge in [-0.1, -0.05) is 18.6 Å². The Morgan fingerprint density at radius 3 is 2.95 bits per heavy atom. The van der Waals surface area contributed by atoms with Crippen LogP contribution in [0.15, 0.2) is 18.2 Å². The van der Waals surface area contributed by atoms with E-state index in [4.69, 9.17) is 4.74 Å². The van der Waals surface area contributed by atoms with Crippen LogP contribution in [0.2, 0.25) is 0 Å². The molecule has 1 aromatic rings. The largest absolute Gasteiger partial charge is 0.493 e. The maximum absolute atomic E-state index is 5.56. The highest BCUT2D eigenvalue weighted by molar-refractivity contribution is 5.39. The molecule has 0 spiro atoms. The maximum atomic E-state index is 5.56. The normalized spacial score (nSPS) is 20.0. The van der Waals surface area contributed by atoms with Crippen LogP contribution in [0.1, 0.15) is 37.3 Å². The topological polar surface area (TPSA) is 24.5 Å². The van der Waals surface area contributed by atoms with Crippen LogP contribution in [0.5, 0.6) is 5.75 Å². The first kappa shape index (κ1) is 14.9. The van der Waals surface area contributed by atoms with Crippen molar-refractivity contribution in [1.29, 1.82) is 0 Å². The summed E-state index contributed by atoms with van der Waals surface area (Å²) in [6.45, 7) is 7.95. The summed E-state index contributed by atoms with van der Waals surface area (Å²) in [6.07, 6.45) is 6.35. The fourth-order valence-electron chi connectivity index (χ4n) is 3.43. The predicted molar refractivity (Wildman–Crippen MR) is 87.1 cm³/mol. The number of likely N-dealkylation sites (tertiary alicyclic amines) is 1. The van der Waals surface area contributed by atoms with E-state index in [1.165, 1.54) is 43.5 Å². The zero-order valence-electron chi connectivity index (χ0n) is 13.2. The quantitative estimate of drug-likeness (QED) is 0.815. The van der Waals surface area contributed by atoms with Gasteiger partial charge in [0.1, 0.15) is 5.75 Å². The second-order valence-electron chi connectivity index (χ2n) is 6.44. The molecule has 3 rings (SSSR count). The van der Waals surface area contributed by atoms with E-state index in [0.29, 0.717) is 6.04 Å². The van der Waals surface area contributed by atoms with Gasteiger partial charge in [0.25, 0.3) is 0 Å². The van der Waals surface area contributed by atoms with E-state index in [1.54, 1.807) is 0 Å². The monoisotopic (exact) mass is 288 g/mol. The lowest BCUT2D eigenvalue weighted by Gasteiger charge is -2.32. The Balaban J connectivity index is 1.38. The van der Waals surface area contributed by atoms with Crippen LogP contribution in [0.3, 0.4) is 0 Å². The Hall–Kier alpha value is -1.06. The van der Waals surface area contributed by atoms with E-state index >= 15 is 0 Å². The molecule has 1 unspecified atom stereocenters. The van der Waals surface area contributed by atoms with E-state index < -0.39 is 0 Å². The third kappa shape index (κ3) is 3.98. The number of nitrogens with zero attached hydrogens (tertiary/aromatic N) is 1. The van der Waals surface area contributed by atoms with Gasteiger partial charge in [-0.2, -0.15) is 0 Å². The summed E-state index contributed by atoms with van der Waals surface area (Å²) in [5.74, 6) is 1.09. The average Bonchev–Trinajstić information content (AvgIpc) is 3.00. The lowest BCUT2D eigenvalue weighted by atomic mass is 10.1. The Labute approximate surface area is 128 Å². The lowest BCUT2D eigenvalue weighted by molar-refractivity contribution is 0.171. The van der Waals surface area contributed by atoms with E-state index in [2.05, 4.69) is 35.3 Å². The number of benzene rings is 1. The Bertz CT molecular complexity index is 455. The molecule has 2 aliphatic rings. The van der Waals surface area contributed by atoms with Crippen LogP contribution in [-0.4, -0.2) is 43.7 Å². The maximum Gasteiger partial charge on any atom is 0.122 e. The molecular weight excluding hydrogens is 260 g/mol. The number of piperidine rings is 1. The van der Waals surface area contributed by atoms with E-state index in [0.717, 1.165) is 38.3 Å². The molecule has 0 aliphatic carbocycles. The summed E-state index contributed by atoms with van der Waals surface area (Å²) in [5, 5.41) is 3.63. The van der Waals surface area contributed by atoms with Crippen molar-refractivity contribution in [1.82, 2.24) is 10.2 Å². The smallest absolute Gasteiger partial charge is 0.122 e. The first-order valence-electron chi connectivity index (χ1n) is 8.52. The van der Waals surface area contributed by atoms with Gasteiger partial charge in [0.2, 0.25) is 0 Å². The molecule has 3 nitrogen and oxygen atoms in total. The predicted octanol–water partition coefficient (Wildman–Crippen LogP) is 2.63. The molecule has 116 valence electrons. The van der Waals surface area contributed by atoms with Crippen molar-refractivity contribution in [3.63, 3.8) is 0 Å². The SMILES string of the molecule is CC(CNCCc1ccc2c(c1)CCO2)N1CCCCC1. The van der Waals surface area contributed by atoms with Crippen molar-refractivity contribution >= 4 is 0 Å². The van der Waals surface area contributed by atoms with Crippen LogP contribution in [-0.2, 0) is 12.8 Å². The molecule has 1 aromatic carbocycles. The molecule has 1 fully saturated rings. The summed E-state index contributed by atoms with van der Waals surface area (Å²) < 4.78 is 5.56. The Morgan fingerprint density at radius 1 is 1.24 bits per heavy atom. The first-order chi connectivity index (χ1) is 10.3. The molecule has 0 saturated carbocycles. The molecular formula is C18H28N2O. The summed E-state index contributed by atoms with van der Waals surface area (Å²) >= 11 is 0. The zero-order valence-corrected chi connectivity index (χ0v) is 13.2. The highest BCUT2D eigenvalue weighted by Crippen LogP contribution is 2.25. The highest BCUT2D eigenvalue weighted by atomic mass is 16.5. The van der Waals surface area contributed by atoms with Gasteiger partial charge in [0.05, 0.1) is 6.61 Å². The number of fused-ring (bicyclic) bond motifs is 1. The number of nitrogens with one attached hydrogen (secondary N) is 1. The van der Waals surface area contributed by atoms with E-state index in [-0.39, 0.29) is 0 Å². The van der Waals surface area contributed by atoms with Crippen LogP contribution < -0.4 is 10.1 Å². The molecule has 0 radical (unpaired) electrons. The molecule has 2 heterocycles. The average molecular weight is 288 g/mol. The van der Waals surface area contributed by atoms with E-state index in [9.17, 15) is 0 Å². The van der Waals surface area contributed by atoms with Crippen molar-refractivity contribution in [3.8, 4) is 5.75 Å². The summed E-state index contributed by atoms with van der Waals surface area (Å²) in [4.78, 5) is 2.63. The Morgan fingerprint density at radius 2 is 2.10 bits per heavy atom. The van der Waals surface area contributed by atoms with E-state index in [1.807, 2.05) is 0 Å². The number of hydrogen-bond acceptors (Lipinski definition) is 3. The van der Waals surface area contributed by atoms with Crippen molar-refractivity contribution in [2.75, 3.05) is 32.8 Å². The molecule has 1 saturated heterocycles. The van der Waals surface area contributed by atoms with Crippen LogP contribution in [0.25, 0.3) is 0 Å². The molecule has 21 heavy (non-hydrogen) atoms. The molecule has 0 amide bonds. The minimum Gasteiger partial charge on any atom is -0.493 e. The van der Waals surface area contributed by atoms with Gasteiger partial charge in [0, 0.05) is 19.0 Å². The van der Waals surface area contributed by atoms with Gasteiger partial charge < -0.3 is 10.1 Å². The van der Waals surface area contributed by atoms with Crippen molar-refractivity contribution in [2.24, 2.45) is 0 Å². The standard InChI is InChI=1S/C18H28N2O/c1-15(20-10-3-2-4-11-20)14-19-9-7-16-5-6-18-17(13-16)8-12-21-18/h5-6,13,15,19H,2-4,7-12,14H2,1H3. The van der Waals surface area contributed by atoms with Crippen molar-refractivity contribution < 1.29 is 4.74 Å². The fraction of sp³-hybridized carbons (Fsp3) is 0.667. The number of hydrogen-bond donors (Lipinski definition) is 1. The molecule has 2 aliphatic heterocycles. The Kier molecular flexibility index (Phi) is 5.15. The van der Waals surface area contributed by atoms with Crippen LogP contribution >= 0.6 is 0 Å². The highest BCUT2D eigenvalue weighted by Gasteiger charge is 2.16. The zero-order chi connectivity index (χ0) is 14.5. The minimum absolute atomic E-state index is 0.665. The van der Waals surface area contributed by atoms with Crippen molar-refractivity contribution in [2.45, 2.75) is 45.1 Å². The summed E-state index contributed by atoms with van der Waals surface area (Å²) in [6, 6.07) is 7.32. The molecule has 1 atom stereocenters. The lowest BCUT2D eigenvalue weighted by Crippen LogP contribution is -2.43. The number of rotatable bonds is 6. The van der Waals surface area contributed by atoms with Crippen molar-refractivity contribution in [3.05, 3.63) is 29.3 Å². The summed E-state index contributed by atoms with van der Waals surface area (Å²) in [7, 11) is 0. The van der Waals surface area contributed by atoms with Gasteiger partial charge in [-0.05, 0) is 63.0 Å². The van der Waals surface area contributed by atoms with Gasteiger partial charge in [-0.3, -0.25) is 4.90 Å². The van der Waals surface area contributed by atoms with Gasteiger partial charge in [-0.15, -0.1) is 0 Å². The fourth-order valence-corrected chi connectivity index (χ4v) is 3.43. The van der Waals surface area contributed by atoms with Gasteiger partial charge >= 0.3 is 0 Å². The molecule has 3 heteroatoms. The second-order valence-corrected chi connectivity index (χ2v) is 6.44. The van der Waals surface area contributed by atoms with Crippen LogP contribution in [0, 0.1) is 0 Å². The third-order valence-corrected chi connectivity index (χ3v) is 4.80.